The number of aromatic nitrogens is 3. The van der Waals surface area contributed by atoms with Crippen LogP contribution in [0, 0.1) is 0 Å². The standard InChI is InChI=1S/C14H12N4O3/c1-20-12-5-8(2-3-11(12)19)13-17-14(21-18-13)9-4-10(15)7-16-6-9/h2-7,19H,15H2,1H3. The Labute approximate surface area is 120 Å². The zero-order valence-electron chi connectivity index (χ0n) is 11.1. The summed E-state index contributed by atoms with van der Waals surface area (Å²) < 4.78 is 10.3. The maximum absolute atomic E-state index is 9.58. The summed E-state index contributed by atoms with van der Waals surface area (Å²) in [5.74, 6) is 1.08. The van der Waals surface area contributed by atoms with Crippen LogP contribution in [0.3, 0.4) is 0 Å². The summed E-state index contributed by atoms with van der Waals surface area (Å²) in [6, 6.07) is 6.50. The molecule has 0 radical (unpaired) electrons. The van der Waals surface area contributed by atoms with Crippen molar-refractivity contribution in [3.05, 3.63) is 36.7 Å². The third-order valence-electron chi connectivity index (χ3n) is 2.87. The predicted molar refractivity (Wildman–Crippen MR) is 75.6 cm³/mol. The first kappa shape index (κ1) is 12.9. The summed E-state index contributed by atoms with van der Waals surface area (Å²) >= 11 is 0. The molecule has 21 heavy (non-hydrogen) atoms. The average molecular weight is 284 g/mol. The summed E-state index contributed by atoms with van der Waals surface area (Å²) in [6.07, 6.45) is 3.12. The van der Waals surface area contributed by atoms with E-state index in [1.807, 2.05) is 0 Å². The van der Waals surface area contributed by atoms with Gasteiger partial charge >= 0.3 is 0 Å². The van der Waals surface area contributed by atoms with Gasteiger partial charge in [-0.05, 0) is 24.3 Å². The normalized spacial score (nSPS) is 10.5. The van der Waals surface area contributed by atoms with Gasteiger partial charge in [-0.15, -0.1) is 0 Å². The van der Waals surface area contributed by atoms with Crippen LogP contribution < -0.4 is 10.5 Å². The molecule has 0 atom stereocenters. The summed E-state index contributed by atoms with van der Waals surface area (Å²) in [6.45, 7) is 0. The van der Waals surface area contributed by atoms with Gasteiger partial charge in [0.1, 0.15) is 0 Å². The molecule has 0 saturated carbocycles. The van der Waals surface area contributed by atoms with Crippen molar-refractivity contribution in [2.24, 2.45) is 0 Å². The Balaban J connectivity index is 1.98. The minimum atomic E-state index is 0.0463. The lowest BCUT2D eigenvalue weighted by molar-refractivity contribution is 0.373. The number of benzene rings is 1. The van der Waals surface area contributed by atoms with Gasteiger partial charge in [-0.2, -0.15) is 4.98 Å². The molecular formula is C14H12N4O3. The van der Waals surface area contributed by atoms with E-state index in [4.69, 9.17) is 15.0 Å². The molecule has 7 nitrogen and oxygen atoms in total. The van der Waals surface area contributed by atoms with Crippen LogP contribution in [-0.4, -0.2) is 27.3 Å². The van der Waals surface area contributed by atoms with E-state index in [0.29, 0.717) is 34.3 Å². The fourth-order valence-electron chi connectivity index (χ4n) is 1.85. The SMILES string of the molecule is COc1cc(-c2noc(-c3cncc(N)c3)n2)ccc1O. The molecule has 7 heteroatoms. The van der Waals surface area contributed by atoms with Gasteiger partial charge < -0.3 is 20.1 Å². The quantitative estimate of drug-likeness (QED) is 0.758. The van der Waals surface area contributed by atoms with Gasteiger partial charge in [0.15, 0.2) is 11.5 Å². The van der Waals surface area contributed by atoms with Gasteiger partial charge in [0, 0.05) is 18.0 Å². The number of pyridine rings is 1. The third kappa shape index (κ3) is 2.48. The summed E-state index contributed by atoms with van der Waals surface area (Å²) in [7, 11) is 1.47. The Morgan fingerprint density at radius 2 is 2.05 bits per heavy atom. The summed E-state index contributed by atoms with van der Waals surface area (Å²) in [5, 5.41) is 13.5. The van der Waals surface area contributed by atoms with Crippen molar-refractivity contribution < 1.29 is 14.4 Å². The molecule has 0 aliphatic heterocycles. The number of ether oxygens (including phenoxy) is 1. The largest absolute Gasteiger partial charge is 0.504 e. The highest BCUT2D eigenvalue weighted by atomic mass is 16.5. The highest BCUT2D eigenvalue weighted by molar-refractivity contribution is 5.64. The zero-order valence-corrected chi connectivity index (χ0v) is 11.1. The van der Waals surface area contributed by atoms with Gasteiger partial charge in [0.05, 0.1) is 18.4 Å². The molecule has 0 saturated heterocycles. The molecular weight excluding hydrogens is 272 g/mol. The first-order valence-electron chi connectivity index (χ1n) is 6.09. The molecule has 0 amide bonds. The molecule has 0 aliphatic rings. The number of phenols is 1. The monoisotopic (exact) mass is 284 g/mol. The molecule has 0 aliphatic carbocycles. The van der Waals surface area contributed by atoms with E-state index in [0.717, 1.165) is 0 Å². The highest BCUT2D eigenvalue weighted by Crippen LogP contribution is 2.31. The van der Waals surface area contributed by atoms with E-state index in [9.17, 15) is 5.11 Å². The molecule has 0 spiro atoms. The number of phenolic OH excluding ortho intramolecular Hbond substituents is 1. The van der Waals surface area contributed by atoms with Gasteiger partial charge in [-0.3, -0.25) is 4.98 Å². The minimum Gasteiger partial charge on any atom is -0.504 e. The molecule has 1 aromatic carbocycles. The van der Waals surface area contributed by atoms with Crippen LogP contribution in [0.4, 0.5) is 5.69 Å². The fourth-order valence-corrected chi connectivity index (χ4v) is 1.85. The number of aromatic hydroxyl groups is 1. The second-order valence-corrected chi connectivity index (χ2v) is 4.32. The Bertz CT molecular complexity index is 785. The van der Waals surface area contributed by atoms with Crippen LogP contribution in [-0.2, 0) is 0 Å². The van der Waals surface area contributed by atoms with Crippen LogP contribution in [0.15, 0.2) is 41.2 Å². The predicted octanol–water partition coefficient (Wildman–Crippen LogP) is 2.10. The maximum atomic E-state index is 9.58. The van der Waals surface area contributed by atoms with Crippen molar-refractivity contribution in [1.82, 2.24) is 15.1 Å². The number of hydrogen-bond donors (Lipinski definition) is 2. The number of nitrogen functional groups attached to an aromatic ring is 1. The van der Waals surface area contributed by atoms with E-state index in [1.54, 1.807) is 24.4 Å². The van der Waals surface area contributed by atoms with E-state index in [2.05, 4.69) is 15.1 Å². The fraction of sp³-hybridized carbons (Fsp3) is 0.0714. The average Bonchev–Trinajstić information content (AvgIpc) is 2.97. The number of hydrogen-bond acceptors (Lipinski definition) is 7. The van der Waals surface area contributed by atoms with Crippen molar-refractivity contribution >= 4 is 5.69 Å². The third-order valence-corrected chi connectivity index (χ3v) is 2.87. The topological polar surface area (TPSA) is 107 Å². The van der Waals surface area contributed by atoms with Crippen LogP contribution in [0.2, 0.25) is 0 Å². The number of methoxy groups -OCH3 is 1. The number of anilines is 1. The molecule has 3 N–H and O–H groups in total. The number of nitrogens with two attached hydrogens (primary N) is 1. The Hall–Kier alpha value is -3.09. The van der Waals surface area contributed by atoms with Crippen molar-refractivity contribution in [2.75, 3.05) is 12.8 Å². The van der Waals surface area contributed by atoms with Crippen molar-refractivity contribution in [3.8, 4) is 34.3 Å². The van der Waals surface area contributed by atoms with Gasteiger partial charge in [-0.25, -0.2) is 0 Å². The van der Waals surface area contributed by atoms with Gasteiger partial charge in [-0.1, -0.05) is 5.16 Å². The number of nitrogens with zero attached hydrogens (tertiary/aromatic N) is 3. The molecule has 3 rings (SSSR count). The molecule has 2 heterocycles. The summed E-state index contributed by atoms with van der Waals surface area (Å²) in [5.41, 5.74) is 7.49. The lowest BCUT2D eigenvalue weighted by Gasteiger charge is -2.03. The molecule has 2 aromatic heterocycles. The van der Waals surface area contributed by atoms with E-state index in [1.165, 1.54) is 19.4 Å². The Morgan fingerprint density at radius 1 is 1.19 bits per heavy atom. The molecule has 0 bridgehead atoms. The van der Waals surface area contributed by atoms with Crippen LogP contribution >= 0.6 is 0 Å². The van der Waals surface area contributed by atoms with Crippen molar-refractivity contribution in [2.45, 2.75) is 0 Å². The number of rotatable bonds is 3. The Morgan fingerprint density at radius 3 is 2.81 bits per heavy atom. The second-order valence-electron chi connectivity index (χ2n) is 4.32. The lowest BCUT2D eigenvalue weighted by Crippen LogP contribution is -1.88. The van der Waals surface area contributed by atoms with Crippen molar-refractivity contribution in [3.63, 3.8) is 0 Å². The van der Waals surface area contributed by atoms with Gasteiger partial charge in [0.2, 0.25) is 5.82 Å². The first-order valence-corrected chi connectivity index (χ1v) is 6.09. The van der Waals surface area contributed by atoms with E-state index < -0.39 is 0 Å². The molecule has 0 unspecified atom stereocenters. The molecule has 3 aromatic rings. The van der Waals surface area contributed by atoms with Gasteiger partial charge in [0.25, 0.3) is 5.89 Å². The molecule has 0 fully saturated rings. The highest BCUT2D eigenvalue weighted by Gasteiger charge is 2.13. The smallest absolute Gasteiger partial charge is 0.259 e. The molecule has 106 valence electrons. The lowest BCUT2D eigenvalue weighted by atomic mass is 10.2. The van der Waals surface area contributed by atoms with Crippen LogP contribution in [0.25, 0.3) is 22.8 Å². The Kier molecular flexibility index (Phi) is 3.15. The zero-order chi connectivity index (χ0) is 14.8. The first-order chi connectivity index (χ1) is 10.2. The van der Waals surface area contributed by atoms with Crippen molar-refractivity contribution in [1.29, 1.82) is 0 Å². The van der Waals surface area contributed by atoms with E-state index >= 15 is 0 Å². The van der Waals surface area contributed by atoms with Crippen LogP contribution in [0.1, 0.15) is 0 Å². The maximum Gasteiger partial charge on any atom is 0.259 e. The second kappa shape index (κ2) is 5.12. The summed E-state index contributed by atoms with van der Waals surface area (Å²) in [4.78, 5) is 8.26. The van der Waals surface area contributed by atoms with Crippen LogP contribution in [0.5, 0.6) is 11.5 Å². The minimum absolute atomic E-state index is 0.0463. The van der Waals surface area contributed by atoms with E-state index in [-0.39, 0.29) is 5.75 Å².